The number of rotatable bonds is 5. The first-order chi connectivity index (χ1) is 9.20. The van der Waals surface area contributed by atoms with Crippen LogP contribution in [0.4, 0.5) is 5.95 Å². The van der Waals surface area contributed by atoms with E-state index in [1.165, 1.54) is 0 Å². The first-order valence-electron chi connectivity index (χ1n) is 6.29. The summed E-state index contributed by atoms with van der Waals surface area (Å²) in [5.74, 6) is 0.725. The summed E-state index contributed by atoms with van der Waals surface area (Å²) in [7, 11) is 3.89. The number of hydrogen-bond donors (Lipinski definition) is 1. The van der Waals surface area contributed by atoms with Crippen molar-refractivity contribution in [3.8, 4) is 0 Å². The molecule has 2 rings (SSSR count). The van der Waals surface area contributed by atoms with E-state index in [4.69, 9.17) is 0 Å². The summed E-state index contributed by atoms with van der Waals surface area (Å²) < 4.78 is 0. The predicted molar refractivity (Wildman–Crippen MR) is 75.9 cm³/mol. The number of anilines is 1. The molecular formula is C14H19N5. The van der Waals surface area contributed by atoms with Crippen molar-refractivity contribution in [2.75, 3.05) is 19.0 Å². The SMILES string of the molecule is CNCc1cnc(N(C)Cc2ccccn2)nc1C. The summed E-state index contributed by atoms with van der Waals surface area (Å²) in [5.41, 5.74) is 3.13. The van der Waals surface area contributed by atoms with Gasteiger partial charge in [0, 0.05) is 37.2 Å². The summed E-state index contributed by atoms with van der Waals surface area (Å²) in [5, 5.41) is 3.11. The maximum atomic E-state index is 4.53. The maximum Gasteiger partial charge on any atom is 0.225 e. The Morgan fingerprint density at radius 3 is 2.74 bits per heavy atom. The van der Waals surface area contributed by atoms with Crippen molar-refractivity contribution in [2.24, 2.45) is 0 Å². The predicted octanol–water partition coefficient (Wildman–Crippen LogP) is 1.54. The Labute approximate surface area is 113 Å². The fraction of sp³-hybridized carbons (Fsp3) is 0.357. The number of nitrogens with one attached hydrogen (secondary N) is 1. The van der Waals surface area contributed by atoms with Gasteiger partial charge in [-0.1, -0.05) is 6.07 Å². The number of nitrogens with zero attached hydrogens (tertiary/aromatic N) is 4. The van der Waals surface area contributed by atoms with Crippen molar-refractivity contribution in [1.82, 2.24) is 20.3 Å². The molecule has 0 aliphatic heterocycles. The van der Waals surface area contributed by atoms with Crippen LogP contribution in [0.3, 0.4) is 0 Å². The van der Waals surface area contributed by atoms with Gasteiger partial charge in [-0.25, -0.2) is 9.97 Å². The molecule has 0 radical (unpaired) electrons. The standard InChI is InChI=1S/C14H19N5/c1-11-12(8-15-2)9-17-14(18-11)19(3)10-13-6-4-5-7-16-13/h4-7,9,15H,8,10H2,1-3H3. The summed E-state index contributed by atoms with van der Waals surface area (Å²) in [4.78, 5) is 15.2. The smallest absolute Gasteiger partial charge is 0.225 e. The van der Waals surface area contributed by atoms with Crippen LogP contribution >= 0.6 is 0 Å². The first kappa shape index (κ1) is 13.4. The number of pyridine rings is 1. The second kappa shape index (κ2) is 6.24. The molecule has 0 unspecified atom stereocenters. The van der Waals surface area contributed by atoms with E-state index in [-0.39, 0.29) is 0 Å². The maximum absolute atomic E-state index is 4.53. The molecule has 0 bridgehead atoms. The van der Waals surface area contributed by atoms with E-state index < -0.39 is 0 Å². The topological polar surface area (TPSA) is 53.9 Å². The molecule has 0 aromatic carbocycles. The van der Waals surface area contributed by atoms with E-state index in [0.29, 0.717) is 6.54 Å². The average Bonchev–Trinajstić information content (AvgIpc) is 2.42. The zero-order chi connectivity index (χ0) is 13.7. The molecule has 19 heavy (non-hydrogen) atoms. The highest BCUT2D eigenvalue weighted by molar-refractivity contribution is 5.32. The molecule has 1 N–H and O–H groups in total. The summed E-state index contributed by atoms with van der Waals surface area (Å²) >= 11 is 0. The highest BCUT2D eigenvalue weighted by atomic mass is 15.2. The fourth-order valence-corrected chi connectivity index (χ4v) is 1.83. The van der Waals surface area contributed by atoms with Gasteiger partial charge in [0.25, 0.3) is 0 Å². The second-order valence-electron chi connectivity index (χ2n) is 4.49. The van der Waals surface area contributed by atoms with Gasteiger partial charge in [0.15, 0.2) is 0 Å². The normalized spacial score (nSPS) is 10.5. The molecule has 0 aliphatic rings. The molecule has 0 atom stereocenters. The molecule has 5 nitrogen and oxygen atoms in total. The van der Waals surface area contributed by atoms with Crippen LogP contribution in [0.5, 0.6) is 0 Å². The van der Waals surface area contributed by atoms with E-state index in [1.54, 1.807) is 6.20 Å². The zero-order valence-corrected chi connectivity index (χ0v) is 11.6. The van der Waals surface area contributed by atoms with Crippen molar-refractivity contribution in [3.05, 3.63) is 47.5 Å². The lowest BCUT2D eigenvalue weighted by Crippen LogP contribution is -2.20. The van der Waals surface area contributed by atoms with Gasteiger partial charge >= 0.3 is 0 Å². The Hall–Kier alpha value is -2.01. The summed E-state index contributed by atoms with van der Waals surface area (Å²) in [6.45, 7) is 3.49. The number of hydrogen-bond acceptors (Lipinski definition) is 5. The third-order valence-corrected chi connectivity index (χ3v) is 2.90. The number of aromatic nitrogens is 3. The third-order valence-electron chi connectivity index (χ3n) is 2.90. The second-order valence-corrected chi connectivity index (χ2v) is 4.49. The van der Waals surface area contributed by atoms with E-state index >= 15 is 0 Å². The van der Waals surface area contributed by atoms with Crippen LogP contribution in [0.2, 0.25) is 0 Å². The van der Waals surface area contributed by atoms with Crippen LogP contribution in [0.15, 0.2) is 30.6 Å². The quantitative estimate of drug-likeness (QED) is 0.880. The van der Waals surface area contributed by atoms with Crippen LogP contribution in [0, 0.1) is 6.92 Å². The Morgan fingerprint density at radius 1 is 1.26 bits per heavy atom. The van der Waals surface area contributed by atoms with E-state index in [2.05, 4.69) is 20.3 Å². The average molecular weight is 257 g/mol. The Morgan fingerprint density at radius 2 is 2.11 bits per heavy atom. The molecule has 2 heterocycles. The minimum absolute atomic E-state index is 0.700. The van der Waals surface area contributed by atoms with Gasteiger partial charge < -0.3 is 10.2 Å². The largest absolute Gasteiger partial charge is 0.338 e. The van der Waals surface area contributed by atoms with E-state index in [1.807, 2.05) is 50.3 Å². The highest BCUT2D eigenvalue weighted by Gasteiger charge is 2.08. The van der Waals surface area contributed by atoms with Gasteiger partial charge in [-0.3, -0.25) is 4.98 Å². The minimum atomic E-state index is 0.700. The van der Waals surface area contributed by atoms with Gasteiger partial charge in [0.05, 0.1) is 12.2 Å². The van der Waals surface area contributed by atoms with Crippen molar-refractivity contribution in [2.45, 2.75) is 20.0 Å². The molecule has 2 aromatic rings. The molecule has 5 heteroatoms. The van der Waals surface area contributed by atoms with E-state index in [0.717, 1.165) is 29.4 Å². The minimum Gasteiger partial charge on any atom is -0.338 e. The van der Waals surface area contributed by atoms with Crippen LogP contribution < -0.4 is 10.2 Å². The van der Waals surface area contributed by atoms with Crippen LogP contribution in [0.1, 0.15) is 17.0 Å². The van der Waals surface area contributed by atoms with Gasteiger partial charge in [-0.05, 0) is 26.1 Å². The lowest BCUT2D eigenvalue weighted by atomic mass is 10.2. The molecule has 0 spiro atoms. The lowest BCUT2D eigenvalue weighted by Gasteiger charge is -2.17. The van der Waals surface area contributed by atoms with Crippen molar-refractivity contribution in [1.29, 1.82) is 0 Å². The van der Waals surface area contributed by atoms with Crippen molar-refractivity contribution in [3.63, 3.8) is 0 Å². The molecule has 0 aliphatic carbocycles. The van der Waals surface area contributed by atoms with Gasteiger partial charge in [0.1, 0.15) is 0 Å². The van der Waals surface area contributed by atoms with Gasteiger partial charge in [0.2, 0.25) is 5.95 Å². The van der Waals surface area contributed by atoms with Crippen molar-refractivity contribution < 1.29 is 0 Å². The number of aryl methyl sites for hydroxylation is 1. The lowest BCUT2D eigenvalue weighted by molar-refractivity contribution is 0.782. The van der Waals surface area contributed by atoms with Gasteiger partial charge in [-0.2, -0.15) is 0 Å². The molecule has 0 saturated heterocycles. The van der Waals surface area contributed by atoms with Crippen molar-refractivity contribution >= 4 is 5.95 Å². The zero-order valence-electron chi connectivity index (χ0n) is 11.6. The molecule has 0 fully saturated rings. The monoisotopic (exact) mass is 257 g/mol. The third kappa shape index (κ3) is 3.48. The Balaban J connectivity index is 2.11. The highest BCUT2D eigenvalue weighted by Crippen LogP contribution is 2.11. The summed E-state index contributed by atoms with van der Waals surface area (Å²) in [6.07, 6.45) is 3.67. The molecule has 0 saturated carbocycles. The first-order valence-corrected chi connectivity index (χ1v) is 6.29. The Kier molecular flexibility index (Phi) is 4.41. The summed E-state index contributed by atoms with van der Waals surface area (Å²) in [6, 6.07) is 5.90. The molecule has 0 amide bonds. The van der Waals surface area contributed by atoms with Crippen LogP contribution in [0.25, 0.3) is 0 Å². The molecule has 100 valence electrons. The van der Waals surface area contributed by atoms with E-state index in [9.17, 15) is 0 Å². The Bertz CT molecular complexity index is 527. The van der Waals surface area contributed by atoms with Crippen LogP contribution in [-0.4, -0.2) is 29.0 Å². The fourth-order valence-electron chi connectivity index (χ4n) is 1.83. The van der Waals surface area contributed by atoms with Crippen LogP contribution in [-0.2, 0) is 13.1 Å². The molecular weight excluding hydrogens is 238 g/mol. The molecule has 2 aromatic heterocycles. The van der Waals surface area contributed by atoms with Gasteiger partial charge in [-0.15, -0.1) is 0 Å².